The van der Waals surface area contributed by atoms with Crippen LogP contribution in [0.3, 0.4) is 0 Å². The molecule has 0 heterocycles. The van der Waals surface area contributed by atoms with Gasteiger partial charge in [-0.1, -0.05) is 0 Å². The van der Waals surface area contributed by atoms with E-state index in [-0.39, 0.29) is 18.4 Å². The summed E-state index contributed by atoms with van der Waals surface area (Å²) in [5, 5.41) is 16.6. The van der Waals surface area contributed by atoms with E-state index in [2.05, 4.69) is 0 Å². The lowest BCUT2D eigenvalue weighted by Crippen LogP contribution is -2.26. The highest BCUT2D eigenvalue weighted by Gasteiger charge is 2.32. The maximum absolute atomic E-state index is 13.3. The van der Waals surface area contributed by atoms with Crippen molar-refractivity contribution < 1.29 is 4.11 Å². The number of halogens is 1. The van der Waals surface area contributed by atoms with Gasteiger partial charge in [0.25, 0.3) is 0 Å². The van der Waals surface area contributed by atoms with E-state index in [1.807, 2.05) is 12.1 Å². The molecule has 11 heavy (non-hydrogen) atoms. The number of hydrogen-bond acceptors (Lipinski definition) is 2. The van der Waals surface area contributed by atoms with Crippen molar-refractivity contribution in [3.05, 3.63) is 0 Å². The van der Waals surface area contributed by atoms with Crippen LogP contribution in [0.15, 0.2) is 0 Å². The standard InChI is InChI=1S/C7H11FN2Si/c1-11(2,8)7(3-5-9)4-6-10/h7H,3-4H2,1-2H3. The van der Waals surface area contributed by atoms with Crippen LogP contribution in [0.5, 0.6) is 0 Å². The van der Waals surface area contributed by atoms with Gasteiger partial charge in [-0.25, -0.2) is 0 Å². The average molecular weight is 170 g/mol. The third-order valence-electron chi connectivity index (χ3n) is 1.65. The van der Waals surface area contributed by atoms with E-state index in [1.165, 1.54) is 13.1 Å². The van der Waals surface area contributed by atoms with Gasteiger partial charge in [0.2, 0.25) is 8.41 Å². The zero-order chi connectivity index (χ0) is 8.91. The second-order valence-corrected chi connectivity index (χ2v) is 6.93. The van der Waals surface area contributed by atoms with E-state index in [9.17, 15) is 4.11 Å². The van der Waals surface area contributed by atoms with Crippen LogP contribution in [-0.2, 0) is 0 Å². The van der Waals surface area contributed by atoms with Gasteiger partial charge in [0.15, 0.2) is 0 Å². The first kappa shape index (κ1) is 10.1. The Bertz CT molecular complexity index is 180. The van der Waals surface area contributed by atoms with Crippen LogP contribution in [0.2, 0.25) is 18.6 Å². The number of nitrogens with zero attached hydrogens (tertiary/aromatic N) is 2. The molecule has 0 aromatic carbocycles. The number of hydrogen-bond donors (Lipinski definition) is 0. The molecule has 0 bridgehead atoms. The fraction of sp³-hybridized carbons (Fsp3) is 0.714. The van der Waals surface area contributed by atoms with E-state index in [1.54, 1.807) is 0 Å². The normalized spacial score (nSPS) is 10.7. The zero-order valence-electron chi connectivity index (χ0n) is 6.76. The highest BCUT2D eigenvalue weighted by Crippen LogP contribution is 2.29. The molecule has 0 spiro atoms. The molecule has 0 saturated heterocycles. The summed E-state index contributed by atoms with van der Waals surface area (Å²) in [6, 6.07) is 3.81. The maximum atomic E-state index is 13.3. The van der Waals surface area contributed by atoms with Crippen LogP contribution in [0.4, 0.5) is 4.11 Å². The molecule has 0 amide bonds. The Labute approximate surface area is 67.4 Å². The summed E-state index contributed by atoms with van der Waals surface area (Å²) in [6.07, 6.45) is 0.340. The lowest BCUT2D eigenvalue weighted by molar-refractivity contribution is 0.699. The van der Waals surface area contributed by atoms with Gasteiger partial charge in [0, 0.05) is 18.4 Å². The second-order valence-electron chi connectivity index (χ2n) is 2.99. The van der Waals surface area contributed by atoms with Gasteiger partial charge in [-0.15, -0.1) is 0 Å². The molecule has 0 radical (unpaired) electrons. The summed E-state index contributed by atoms with van der Waals surface area (Å²) < 4.78 is 13.3. The average Bonchev–Trinajstić information content (AvgIpc) is 1.85. The highest BCUT2D eigenvalue weighted by molar-refractivity contribution is 6.72. The fourth-order valence-electron chi connectivity index (χ4n) is 0.778. The first-order valence-corrected chi connectivity index (χ1v) is 6.40. The van der Waals surface area contributed by atoms with Crippen molar-refractivity contribution in [2.75, 3.05) is 0 Å². The van der Waals surface area contributed by atoms with Gasteiger partial charge in [-0.05, 0) is 13.1 Å². The van der Waals surface area contributed by atoms with Gasteiger partial charge in [0.05, 0.1) is 12.1 Å². The Balaban J connectivity index is 4.15. The third-order valence-corrected chi connectivity index (χ3v) is 4.00. The summed E-state index contributed by atoms with van der Waals surface area (Å²) in [4.78, 5) is 0. The van der Waals surface area contributed by atoms with Crippen molar-refractivity contribution in [1.82, 2.24) is 0 Å². The lowest BCUT2D eigenvalue weighted by Gasteiger charge is -2.18. The minimum Gasteiger partial charge on any atom is -0.314 e. The van der Waals surface area contributed by atoms with Gasteiger partial charge in [-0.3, -0.25) is 0 Å². The first-order valence-electron chi connectivity index (χ1n) is 3.45. The Morgan fingerprint density at radius 1 is 1.27 bits per heavy atom. The van der Waals surface area contributed by atoms with Gasteiger partial charge in [0.1, 0.15) is 0 Å². The van der Waals surface area contributed by atoms with Gasteiger partial charge >= 0.3 is 0 Å². The summed E-state index contributed by atoms with van der Waals surface area (Å²) >= 11 is 0. The lowest BCUT2D eigenvalue weighted by atomic mass is 10.2. The molecule has 0 saturated carbocycles. The van der Waals surface area contributed by atoms with Crippen molar-refractivity contribution >= 4 is 8.41 Å². The Morgan fingerprint density at radius 3 is 1.82 bits per heavy atom. The number of nitriles is 2. The van der Waals surface area contributed by atoms with E-state index in [0.29, 0.717) is 0 Å². The van der Waals surface area contributed by atoms with Crippen LogP contribution in [0.25, 0.3) is 0 Å². The first-order chi connectivity index (χ1) is 5.02. The highest BCUT2D eigenvalue weighted by atomic mass is 28.4. The van der Waals surface area contributed by atoms with Crippen LogP contribution < -0.4 is 0 Å². The fourth-order valence-corrected chi connectivity index (χ4v) is 1.93. The Kier molecular flexibility index (Phi) is 3.77. The quantitative estimate of drug-likeness (QED) is 0.482. The summed E-state index contributed by atoms with van der Waals surface area (Å²) in [7, 11) is -2.77. The molecule has 2 nitrogen and oxygen atoms in total. The van der Waals surface area contributed by atoms with Gasteiger partial charge < -0.3 is 4.11 Å². The van der Waals surface area contributed by atoms with E-state index in [0.717, 1.165) is 0 Å². The molecule has 0 aromatic heterocycles. The topological polar surface area (TPSA) is 47.6 Å². The molecular weight excluding hydrogens is 159 g/mol. The molecule has 0 aliphatic heterocycles. The molecule has 0 rings (SSSR count). The zero-order valence-corrected chi connectivity index (χ0v) is 7.76. The minimum atomic E-state index is -2.77. The summed E-state index contributed by atoms with van der Waals surface area (Å²) in [5.41, 5.74) is -0.322. The molecule has 4 heteroatoms. The van der Waals surface area contributed by atoms with Crippen molar-refractivity contribution in [3.63, 3.8) is 0 Å². The molecule has 0 aromatic rings. The van der Waals surface area contributed by atoms with Crippen LogP contribution in [-0.4, -0.2) is 8.41 Å². The SMILES string of the molecule is C[Si](C)(F)C(CC#N)CC#N. The van der Waals surface area contributed by atoms with Crippen molar-refractivity contribution in [1.29, 1.82) is 10.5 Å². The minimum absolute atomic E-state index is 0.170. The molecule has 0 atom stereocenters. The molecular formula is C7H11FN2Si. The molecule has 0 aliphatic carbocycles. The van der Waals surface area contributed by atoms with Crippen molar-refractivity contribution in [2.24, 2.45) is 0 Å². The smallest absolute Gasteiger partial charge is 0.246 e. The predicted octanol–water partition coefficient (Wildman–Crippen LogP) is 2.36. The molecule has 60 valence electrons. The summed E-state index contributed by atoms with van der Waals surface area (Å²) in [6.45, 7) is 3.07. The van der Waals surface area contributed by atoms with Gasteiger partial charge in [-0.2, -0.15) is 10.5 Å². The predicted molar refractivity (Wildman–Crippen MR) is 42.8 cm³/mol. The van der Waals surface area contributed by atoms with Crippen molar-refractivity contribution in [3.8, 4) is 12.1 Å². The van der Waals surface area contributed by atoms with E-state index < -0.39 is 8.41 Å². The molecule has 0 N–H and O–H groups in total. The Morgan fingerprint density at radius 2 is 1.64 bits per heavy atom. The Hall–Kier alpha value is -0.873. The third kappa shape index (κ3) is 3.74. The molecule has 0 aliphatic rings. The van der Waals surface area contributed by atoms with Crippen LogP contribution in [0, 0.1) is 22.7 Å². The molecule has 0 fully saturated rings. The van der Waals surface area contributed by atoms with E-state index in [4.69, 9.17) is 10.5 Å². The maximum Gasteiger partial charge on any atom is 0.246 e. The number of rotatable bonds is 3. The second kappa shape index (κ2) is 4.10. The van der Waals surface area contributed by atoms with Crippen LogP contribution >= 0.6 is 0 Å². The largest absolute Gasteiger partial charge is 0.314 e. The monoisotopic (exact) mass is 170 g/mol. The van der Waals surface area contributed by atoms with Crippen molar-refractivity contribution in [2.45, 2.75) is 31.5 Å². The summed E-state index contributed by atoms with van der Waals surface area (Å²) in [5.74, 6) is 0. The van der Waals surface area contributed by atoms with Crippen LogP contribution in [0.1, 0.15) is 12.8 Å². The molecule has 0 unspecified atom stereocenters. The van der Waals surface area contributed by atoms with E-state index >= 15 is 0 Å².